The summed E-state index contributed by atoms with van der Waals surface area (Å²) in [5.74, 6) is 0.225. The predicted molar refractivity (Wildman–Crippen MR) is 121 cm³/mol. The van der Waals surface area contributed by atoms with E-state index in [4.69, 9.17) is 0 Å². The first-order valence-corrected chi connectivity index (χ1v) is 12.1. The second-order valence-corrected chi connectivity index (χ2v) is 10.3. The van der Waals surface area contributed by atoms with Crippen molar-refractivity contribution in [2.75, 3.05) is 17.4 Å². The second kappa shape index (κ2) is 9.65. The fourth-order valence-corrected chi connectivity index (χ4v) is 5.44. The number of nitrogens with zero attached hydrogens (tertiary/aromatic N) is 1. The van der Waals surface area contributed by atoms with Gasteiger partial charge >= 0.3 is 0 Å². The van der Waals surface area contributed by atoms with E-state index in [0.29, 0.717) is 18.2 Å². The molecule has 2 aromatic carbocycles. The molecule has 0 heterocycles. The van der Waals surface area contributed by atoms with Gasteiger partial charge in [-0.15, -0.1) is 0 Å². The molecule has 0 bridgehead atoms. The third kappa shape index (κ3) is 5.42. The lowest BCUT2D eigenvalue weighted by Crippen LogP contribution is -2.42. The number of amides is 1. The average Bonchev–Trinajstić information content (AvgIpc) is 2.73. The molecule has 0 radical (unpaired) electrons. The molecule has 5 nitrogen and oxygen atoms in total. The van der Waals surface area contributed by atoms with Crippen molar-refractivity contribution in [2.24, 2.45) is 5.92 Å². The number of aryl methyl sites for hydroxylation is 3. The number of anilines is 1. The fourth-order valence-electron chi connectivity index (χ4n) is 3.96. The van der Waals surface area contributed by atoms with E-state index < -0.39 is 10.0 Å². The van der Waals surface area contributed by atoms with Crippen LogP contribution in [0.2, 0.25) is 0 Å². The van der Waals surface area contributed by atoms with Gasteiger partial charge in [-0.1, -0.05) is 49.1 Å². The van der Waals surface area contributed by atoms with Crippen LogP contribution in [0.5, 0.6) is 0 Å². The van der Waals surface area contributed by atoms with Crippen LogP contribution in [-0.2, 0) is 14.8 Å². The molecule has 2 aromatic rings. The molecular weight excluding hydrogens is 396 g/mol. The first kappa shape index (κ1) is 22.3. The molecule has 0 aromatic heterocycles. The summed E-state index contributed by atoms with van der Waals surface area (Å²) < 4.78 is 28.2. The third-order valence-corrected chi connectivity index (χ3v) is 7.62. The summed E-state index contributed by atoms with van der Waals surface area (Å²) in [4.78, 5) is 13.0. The van der Waals surface area contributed by atoms with Gasteiger partial charge in [-0.05, 0) is 68.9 Å². The lowest BCUT2D eigenvalue weighted by molar-refractivity contribution is -0.119. The Morgan fingerprint density at radius 3 is 2.27 bits per heavy atom. The topological polar surface area (TPSA) is 66.5 Å². The Hall–Kier alpha value is -2.34. The summed E-state index contributed by atoms with van der Waals surface area (Å²) in [7, 11) is -3.88. The van der Waals surface area contributed by atoms with Crippen molar-refractivity contribution >= 4 is 21.6 Å². The number of hydrogen-bond acceptors (Lipinski definition) is 3. The third-order valence-electron chi connectivity index (χ3n) is 5.84. The van der Waals surface area contributed by atoms with E-state index in [-0.39, 0.29) is 17.3 Å². The van der Waals surface area contributed by atoms with Gasteiger partial charge in [0, 0.05) is 6.54 Å². The standard InChI is InChI=1S/C24H32N2O3S/c1-18-10-13-22(14-11-18)30(28,29)26(23-15-19(2)9-12-20(23)3)17-24(27)25-16-21-7-5-4-6-8-21/h9-15,21H,4-8,16-17H2,1-3H3,(H,25,27). The Kier molecular flexibility index (Phi) is 7.19. The zero-order chi connectivity index (χ0) is 21.7. The van der Waals surface area contributed by atoms with Gasteiger partial charge in [0.05, 0.1) is 10.6 Å². The van der Waals surface area contributed by atoms with Gasteiger partial charge in [0.1, 0.15) is 6.54 Å². The average molecular weight is 429 g/mol. The molecular formula is C24H32N2O3S. The first-order valence-electron chi connectivity index (χ1n) is 10.7. The number of carbonyl (C=O) groups excluding carboxylic acids is 1. The number of nitrogens with one attached hydrogen (secondary N) is 1. The fraction of sp³-hybridized carbons (Fsp3) is 0.458. The molecule has 6 heteroatoms. The molecule has 0 unspecified atom stereocenters. The number of sulfonamides is 1. The van der Waals surface area contributed by atoms with E-state index in [0.717, 1.165) is 29.5 Å². The molecule has 30 heavy (non-hydrogen) atoms. The molecule has 1 aliphatic carbocycles. The molecule has 0 atom stereocenters. The van der Waals surface area contributed by atoms with Gasteiger partial charge in [-0.25, -0.2) is 8.42 Å². The Morgan fingerprint density at radius 2 is 1.60 bits per heavy atom. The zero-order valence-corrected chi connectivity index (χ0v) is 19.0. The van der Waals surface area contributed by atoms with Crippen LogP contribution in [0, 0.1) is 26.7 Å². The van der Waals surface area contributed by atoms with Crippen molar-refractivity contribution in [1.82, 2.24) is 5.32 Å². The molecule has 1 fully saturated rings. The Bertz CT molecular complexity index is 978. The molecule has 0 spiro atoms. The highest BCUT2D eigenvalue weighted by atomic mass is 32.2. The Morgan fingerprint density at radius 1 is 0.967 bits per heavy atom. The summed E-state index contributed by atoms with van der Waals surface area (Å²) in [6.45, 7) is 6.09. The summed E-state index contributed by atoms with van der Waals surface area (Å²) in [6.07, 6.45) is 5.93. The van der Waals surface area contributed by atoms with E-state index in [1.54, 1.807) is 24.3 Å². The van der Waals surface area contributed by atoms with Crippen LogP contribution in [0.25, 0.3) is 0 Å². The van der Waals surface area contributed by atoms with Crippen LogP contribution in [-0.4, -0.2) is 27.4 Å². The highest BCUT2D eigenvalue weighted by Gasteiger charge is 2.28. The SMILES string of the molecule is Cc1ccc(S(=O)(=O)N(CC(=O)NCC2CCCCC2)c2cc(C)ccc2C)cc1. The smallest absolute Gasteiger partial charge is 0.264 e. The monoisotopic (exact) mass is 428 g/mol. The summed E-state index contributed by atoms with van der Waals surface area (Å²) in [6, 6.07) is 12.4. The van der Waals surface area contributed by atoms with Gasteiger partial charge in [-0.2, -0.15) is 0 Å². The molecule has 1 N–H and O–H groups in total. The maximum Gasteiger partial charge on any atom is 0.264 e. The minimum atomic E-state index is -3.88. The van der Waals surface area contributed by atoms with Crippen LogP contribution >= 0.6 is 0 Å². The van der Waals surface area contributed by atoms with Crippen molar-refractivity contribution in [1.29, 1.82) is 0 Å². The molecule has 1 amide bonds. The normalized spacial score (nSPS) is 15.0. The maximum atomic E-state index is 13.5. The maximum absolute atomic E-state index is 13.5. The lowest BCUT2D eigenvalue weighted by atomic mass is 9.89. The highest BCUT2D eigenvalue weighted by molar-refractivity contribution is 7.92. The van der Waals surface area contributed by atoms with Crippen molar-refractivity contribution in [3.8, 4) is 0 Å². The molecule has 0 aliphatic heterocycles. The zero-order valence-electron chi connectivity index (χ0n) is 18.1. The van der Waals surface area contributed by atoms with Crippen LogP contribution in [0.3, 0.4) is 0 Å². The first-order chi connectivity index (χ1) is 14.3. The summed E-state index contributed by atoms with van der Waals surface area (Å²) >= 11 is 0. The van der Waals surface area contributed by atoms with Crippen LogP contribution < -0.4 is 9.62 Å². The van der Waals surface area contributed by atoms with Crippen molar-refractivity contribution in [2.45, 2.75) is 57.8 Å². The van der Waals surface area contributed by atoms with Gasteiger partial charge < -0.3 is 5.32 Å². The summed E-state index contributed by atoms with van der Waals surface area (Å²) in [5, 5.41) is 2.97. The van der Waals surface area contributed by atoms with Gasteiger partial charge in [0.25, 0.3) is 10.0 Å². The molecule has 3 rings (SSSR count). The second-order valence-electron chi connectivity index (χ2n) is 8.42. The molecule has 162 valence electrons. The number of rotatable bonds is 7. The number of hydrogen-bond donors (Lipinski definition) is 1. The predicted octanol–water partition coefficient (Wildman–Crippen LogP) is 4.50. The molecule has 1 aliphatic rings. The molecule has 0 saturated heterocycles. The van der Waals surface area contributed by atoms with Crippen LogP contribution in [0.1, 0.15) is 48.8 Å². The van der Waals surface area contributed by atoms with Crippen LogP contribution in [0.4, 0.5) is 5.69 Å². The van der Waals surface area contributed by atoms with E-state index in [1.165, 1.54) is 23.6 Å². The Labute approximate surface area is 180 Å². The number of carbonyl (C=O) groups is 1. The van der Waals surface area contributed by atoms with E-state index in [1.807, 2.05) is 39.0 Å². The van der Waals surface area contributed by atoms with Gasteiger partial charge in [-0.3, -0.25) is 9.10 Å². The lowest BCUT2D eigenvalue weighted by Gasteiger charge is -2.27. The Balaban J connectivity index is 1.86. The minimum absolute atomic E-state index is 0.189. The van der Waals surface area contributed by atoms with E-state index in [9.17, 15) is 13.2 Å². The highest BCUT2D eigenvalue weighted by Crippen LogP contribution is 2.28. The van der Waals surface area contributed by atoms with Crippen LogP contribution in [0.15, 0.2) is 47.4 Å². The summed E-state index contributed by atoms with van der Waals surface area (Å²) in [5.41, 5.74) is 3.29. The largest absolute Gasteiger partial charge is 0.354 e. The van der Waals surface area contributed by atoms with E-state index >= 15 is 0 Å². The van der Waals surface area contributed by atoms with Gasteiger partial charge in [0.2, 0.25) is 5.91 Å². The van der Waals surface area contributed by atoms with E-state index in [2.05, 4.69) is 5.32 Å². The number of benzene rings is 2. The minimum Gasteiger partial charge on any atom is -0.354 e. The van der Waals surface area contributed by atoms with Crippen molar-refractivity contribution in [3.63, 3.8) is 0 Å². The van der Waals surface area contributed by atoms with Crippen molar-refractivity contribution < 1.29 is 13.2 Å². The quantitative estimate of drug-likeness (QED) is 0.706. The van der Waals surface area contributed by atoms with Crippen molar-refractivity contribution in [3.05, 3.63) is 59.2 Å². The van der Waals surface area contributed by atoms with Gasteiger partial charge in [0.15, 0.2) is 0 Å². The molecule has 1 saturated carbocycles.